The van der Waals surface area contributed by atoms with E-state index in [0.717, 1.165) is 49.9 Å². The van der Waals surface area contributed by atoms with E-state index in [-0.39, 0.29) is 28.7 Å². The van der Waals surface area contributed by atoms with Crippen LogP contribution in [0, 0.1) is 17.6 Å². The number of likely N-dealkylation sites (tertiary alicyclic amines) is 1. The van der Waals surface area contributed by atoms with Crippen LogP contribution in [0.1, 0.15) is 47.4 Å². The van der Waals surface area contributed by atoms with Gasteiger partial charge in [0.1, 0.15) is 17.3 Å². The second-order valence-electron chi connectivity index (χ2n) is 9.55. The number of carbonyl (C=O) groups excluding carboxylic acids is 1. The Hall–Kier alpha value is -3.33. The molecule has 1 saturated heterocycles. The van der Waals surface area contributed by atoms with Gasteiger partial charge < -0.3 is 15.1 Å². The zero-order valence-corrected chi connectivity index (χ0v) is 21.2. The third-order valence-electron chi connectivity index (χ3n) is 7.09. The van der Waals surface area contributed by atoms with Crippen LogP contribution in [0.25, 0.3) is 0 Å². The molecule has 0 atom stereocenters. The van der Waals surface area contributed by atoms with E-state index in [1.54, 1.807) is 4.90 Å². The molecule has 5 rings (SSSR count). The molecule has 0 radical (unpaired) electrons. The van der Waals surface area contributed by atoms with Gasteiger partial charge in [-0.25, -0.2) is 18.7 Å². The molecular weight excluding hydrogens is 498 g/mol. The van der Waals surface area contributed by atoms with E-state index >= 15 is 0 Å². The van der Waals surface area contributed by atoms with E-state index in [2.05, 4.69) is 20.3 Å². The van der Waals surface area contributed by atoms with Crippen LogP contribution in [-0.4, -0.2) is 51.9 Å². The minimum Gasteiger partial charge on any atom is -0.367 e. The van der Waals surface area contributed by atoms with Gasteiger partial charge in [0.05, 0.1) is 11.2 Å². The van der Waals surface area contributed by atoms with E-state index < -0.39 is 11.6 Å². The molecule has 2 aliphatic rings. The number of benzene rings is 1. The molecule has 0 spiro atoms. The molecule has 0 saturated carbocycles. The predicted molar refractivity (Wildman–Crippen MR) is 139 cm³/mol. The Bertz CT molecular complexity index is 1250. The Morgan fingerprint density at radius 3 is 2.68 bits per heavy atom. The van der Waals surface area contributed by atoms with Crippen LogP contribution in [0.15, 0.2) is 42.7 Å². The molecule has 2 aliphatic heterocycles. The topological polar surface area (TPSA) is 74.2 Å². The van der Waals surface area contributed by atoms with E-state index in [1.807, 2.05) is 29.3 Å². The first kappa shape index (κ1) is 25.3. The summed E-state index contributed by atoms with van der Waals surface area (Å²) in [6, 6.07) is 8.05. The number of aromatic nitrogens is 3. The highest BCUT2D eigenvalue weighted by molar-refractivity contribution is 6.31. The third kappa shape index (κ3) is 5.82. The Morgan fingerprint density at radius 2 is 1.89 bits per heavy atom. The zero-order chi connectivity index (χ0) is 25.8. The Morgan fingerprint density at radius 1 is 1.08 bits per heavy atom. The van der Waals surface area contributed by atoms with Gasteiger partial charge in [-0.3, -0.25) is 9.78 Å². The average Bonchev–Trinajstić information content (AvgIpc) is 3.14. The van der Waals surface area contributed by atoms with Crippen LogP contribution in [0.3, 0.4) is 0 Å². The smallest absolute Gasteiger partial charge is 0.274 e. The summed E-state index contributed by atoms with van der Waals surface area (Å²) in [5.41, 5.74) is 1.39. The van der Waals surface area contributed by atoms with Crippen molar-refractivity contribution in [3.8, 4) is 0 Å². The second-order valence-corrected chi connectivity index (χ2v) is 9.92. The van der Waals surface area contributed by atoms with Crippen molar-refractivity contribution in [1.82, 2.24) is 19.9 Å². The molecule has 1 aromatic carbocycles. The quantitative estimate of drug-likeness (QED) is 0.450. The van der Waals surface area contributed by atoms with Gasteiger partial charge in [0.25, 0.3) is 5.91 Å². The number of anilines is 2. The number of rotatable bonds is 6. The van der Waals surface area contributed by atoms with Crippen LogP contribution in [-0.2, 0) is 13.0 Å². The summed E-state index contributed by atoms with van der Waals surface area (Å²) < 4.78 is 28.5. The van der Waals surface area contributed by atoms with E-state index in [4.69, 9.17) is 11.6 Å². The van der Waals surface area contributed by atoms with Gasteiger partial charge in [-0.2, -0.15) is 0 Å². The lowest BCUT2D eigenvalue weighted by molar-refractivity contribution is 0.0680. The summed E-state index contributed by atoms with van der Waals surface area (Å²) in [4.78, 5) is 30.4. The monoisotopic (exact) mass is 526 g/mol. The molecule has 10 heteroatoms. The first-order chi connectivity index (χ1) is 18.0. The van der Waals surface area contributed by atoms with Gasteiger partial charge in [0.2, 0.25) is 0 Å². The number of fused-ring (bicyclic) bond motifs is 1. The lowest BCUT2D eigenvalue weighted by Crippen LogP contribution is -2.39. The molecule has 194 valence electrons. The fraction of sp³-hybridized carbons (Fsp3) is 0.407. The molecule has 2 aromatic heterocycles. The van der Waals surface area contributed by atoms with E-state index in [1.165, 1.54) is 6.20 Å². The molecule has 1 amide bonds. The minimum atomic E-state index is -0.676. The van der Waals surface area contributed by atoms with Gasteiger partial charge in [-0.1, -0.05) is 17.7 Å². The molecule has 3 aromatic rings. The van der Waals surface area contributed by atoms with Crippen molar-refractivity contribution in [2.24, 2.45) is 5.92 Å². The summed E-state index contributed by atoms with van der Waals surface area (Å²) in [5, 5.41) is 2.97. The van der Waals surface area contributed by atoms with Crippen LogP contribution < -0.4 is 10.2 Å². The largest absolute Gasteiger partial charge is 0.367 e. The van der Waals surface area contributed by atoms with Crippen molar-refractivity contribution in [3.05, 3.63) is 76.3 Å². The lowest BCUT2D eigenvalue weighted by atomic mass is 9.91. The highest BCUT2D eigenvalue weighted by atomic mass is 35.5. The Balaban J connectivity index is 1.27. The summed E-state index contributed by atoms with van der Waals surface area (Å²) >= 11 is 6.08. The van der Waals surface area contributed by atoms with Gasteiger partial charge in [0.15, 0.2) is 11.6 Å². The standard InChI is InChI=1S/C27H29ClF2N6O/c28-24-20(21(29)7-8-22(24)30)17-36-13-3-12-32-25-26(36)34-23(16-33-25)27(37)35-14-9-18(10-15-35)5-6-19-4-1-2-11-31-19/h1-2,4,7-8,11,16,18H,3,5-6,9-10,12-15,17H2,(H,32,33). The fourth-order valence-electron chi connectivity index (χ4n) is 4.95. The Labute approximate surface area is 219 Å². The number of carbonyl (C=O) groups is 1. The molecular formula is C27H29ClF2N6O. The number of halogens is 3. The highest BCUT2D eigenvalue weighted by Gasteiger charge is 2.27. The van der Waals surface area contributed by atoms with Crippen molar-refractivity contribution in [2.45, 2.75) is 38.6 Å². The summed E-state index contributed by atoms with van der Waals surface area (Å²) in [6.45, 7) is 2.52. The Kier molecular flexibility index (Phi) is 7.79. The maximum absolute atomic E-state index is 14.5. The van der Waals surface area contributed by atoms with Crippen molar-refractivity contribution in [2.75, 3.05) is 36.4 Å². The second kappa shape index (κ2) is 11.4. The van der Waals surface area contributed by atoms with Crippen molar-refractivity contribution in [3.63, 3.8) is 0 Å². The third-order valence-corrected chi connectivity index (χ3v) is 7.50. The number of amides is 1. The maximum atomic E-state index is 14.5. The normalized spacial score (nSPS) is 16.2. The van der Waals surface area contributed by atoms with Crippen molar-refractivity contribution < 1.29 is 13.6 Å². The highest BCUT2D eigenvalue weighted by Crippen LogP contribution is 2.31. The molecule has 0 unspecified atom stereocenters. The van der Waals surface area contributed by atoms with Crippen molar-refractivity contribution in [1.29, 1.82) is 0 Å². The molecule has 1 fully saturated rings. The number of nitrogens with one attached hydrogen (secondary N) is 1. The SMILES string of the molecule is O=C(c1cnc2c(n1)N(Cc1c(F)ccc(F)c1Cl)CCCN2)N1CCC(CCc2ccccn2)CC1. The fourth-order valence-corrected chi connectivity index (χ4v) is 5.17. The molecule has 7 nitrogen and oxygen atoms in total. The molecule has 37 heavy (non-hydrogen) atoms. The number of pyridine rings is 1. The minimum absolute atomic E-state index is 0.0189. The first-order valence-electron chi connectivity index (χ1n) is 12.7. The summed E-state index contributed by atoms with van der Waals surface area (Å²) in [5.74, 6) is 0.0666. The average molecular weight is 527 g/mol. The van der Waals surface area contributed by atoms with Gasteiger partial charge in [-0.15, -0.1) is 0 Å². The van der Waals surface area contributed by atoms with Gasteiger partial charge in [0, 0.05) is 50.2 Å². The van der Waals surface area contributed by atoms with E-state index in [9.17, 15) is 13.6 Å². The number of aryl methyl sites for hydroxylation is 1. The molecule has 0 aliphatic carbocycles. The summed E-state index contributed by atoms with van der Waals surface area (Å²) in [6.07, 6.45) is 7.90. The number of hydrogen-bond acceptors (Lipinski definition) is 6. The first-order valence-corrected chi connectivity index (χ1v) is 13.0. The maximum Gasteiger partial charge on any atom is 0.274 e. The summed E-state index contributed by atoms with van der Waals surface area (Å²) in [7, 11) is 0. The van der Waals surface area contributed by atoms with Gasteiger partial charge >= 0.3 is 0 Å². The van der Waals surface area contributed by atoms with Crippen LogP contribution >= 0.6 is 11.6 Å². The number of hydrogen-bond donors (Lipinski definition) is 1. The zero-order valence-electron chi connectivity index (χ0n) is 20.5. The lowest BCUT2D eigenvalue weighted by Gasteiger charge is -2.32. The van der Waals surface area contributed by atoms with Crippen molar-refractivity contribution >= 4 is 29.1 Å². The number of nitrogens with zero attached hydrogens (tertiary/aromatic N) is 5. The van der Waals surface area contributed by atoms with Crippen LogP contribution in [0.4, 0.5) is 20.4 Å². The van der Waals surface area contributed by atoms with Crippen LogP contribution in [0.5, 0.6) is 0 Å². The number of piperidine rings is 1. The van der Waals surface area contributed by atoms with Crippen LogP contribution in [0.2, 0.25) is 5.02 Å². The predicted octanol–water partition coefficient (Wildman–Crippen LogP) is 5.11. The molecule has 1 N–H and O–H groups in total. The molecule has 4 heterocycles. The molecule has 0 bridgehead atoms. The van der Waals surface area contributed by atoms with E-state index in [0.29, 0.717) is 43.7 Å². The van der Waals surface area contributed by atoms with Gasteiger partial charge in [-0.05, 0) is 62.3 Å².